The maximum Gasteiger partial charge on any atom is 0.126 e. The molecular weight excluding hydrogens is 322 g/mol. The second-order valence-electron chi connectivity index (χ2n) is 5.19. The molecule has 0 spiro atoms. The fourth-order valence-corrected chi connectivity index (χ4v) is 2.76. The molecule has 0 aliphatic heterocycles. The summed E-state index contributed by atoms with van der Waals surface area (Å²) in [6.07, 6.45) is 1.55. The van der Waals surface area contributed by atoms with Crippen LogP contribution in [0.15, 0.2) is 42.5 Å². The molecule has 2 aromatic carbocycles. The average Bonchev–Trinajstić information content (AvgIpc) is 2.39. The number of halogens is 3. The van der Waals surface area contributed by atoms with Crippen LogP contribution < -0.4 is 0 Å². The van der Waals surface area contributed by atoms with Gasteiger partial charge < -0.3 is 0 Å². The summed E-state index contributed by atoms with van der Waals surface area (Å²) in [5.74, 6) is -0.703. The Labute approximate surface area is 127 Å². The van der Waals surface area contributed by atoms with Crippen molar-refractivity contribution >= 4 is 15.9 Å². The summed E-state index contributed by atoms with van der Waals surface area (Å²) in [5, 5.41) is 0.805. The van der Waals surface area contributed by atoms with Crippen LogP contribution in [0.4, 0.5) is 8.78 Å². The Morgan fingerprint density at radius 1 is 0.900 bits per heavy atom. The van der Waals surface area contributed by atoms with Crippen LogP contribution in [0.25, 0.3) is 0 Å². The second kappa shape index (κ2) is 6.98. The van der Waals surface area contributed by atoms with Gasteiger partial charge in [0.05, 0.1) is 0 Å². The Balaban J connectivity index is 2.06. The number of alkyl halides is 1. The van der Waals surface area contributed by atoms with E-state index in [-0.39, 0.29) is 0 Å². The third-order valence-electron chi connectivity index (χ3n) is 3.31. The van der Waals surface area contributed by atoms with Gasteiger partial charge in [0, 0.05) is 11.4 Å². The highest BCUT2D eigenvalue weighted by Gasteiger charge is 2.11. The molecule has 0 aromatic heterocycles. The van der Waals surface area contributed by atoms with Gasteiger partial charge in [-0.3, -0.25) is 0 Å². The number of hydrogen-bond donors (Lipinski definition) is 0. The van der Waals surface area contributed by atoms with Gasteiger partial charge in [0.15, 0.2) is 0 Å². The van der Waals surface area contributed by atoms with Crippen LogP contribution in [-0.2, 0) is 12.8 Å². The summed E-state index contributed by atoms with van der Waals surface area (Å²) in [5.41, 5.74) is 3.19. The van der Waals surface area contributed by atoms with Crippen LogP contribution >= 0.6 is 15.9 Å². The first-order valence-corrected chi connectivity index (χ1v) is 7.75. The molecule has 0 saturated heterocycles. The van der Waals surface area contributed by atoms with Crippen LogP contribution in [0.2, 0.25) is 0 Å². The monoisotopic (exact) mass is 338 g/mol. The molecule has 0 N–H and O–H groups in total. The topological polar surface area (TPSA) is 0 Å². The zero-order chi connectivity index (χ0) is 14.5. The van der Waals surface area contributed by atoms with Crippen molar-refractivity contribution in [3.05, 3.63) is 70.8 Å². The Bertz CT molecular complexity index is 543. The maximum absolute atomic E-state index is 13.2. The lowest BCUT2D eigenvalue weighted by atomic mass is 9.94. The van der Waals surface area contributed by atoms with Crippen LogP contribution in [0, 0.1) is 24.5 Å². The van der Waals surface area contributed by atoms with Crippen molar-refractivity contribution in [1.29, 1.82) is 0 Å². The molecule has 106 valence electrons. The van der Waals surface area contributed by atoms with E-state index in [0.717, 1.165) is 17.8 Å². The summed E-state index contributed by atoms with van der Waals surface area (Å²) in [7, 11) is 0. The fraction of sp³-hybridized carbons (Fsp3) is 0.294. The van der Waals surface area contributed by atoms with Gasteiger partial charge in [0.2, 0.25) is 0 Å². The Morgan fingerprint density at radius 2 is 1.45 bits per heavy atom. The smallest absolute Gasteiger partial charge is 0.126 e. The molecule has 0 aliphatic rings. The van der Waals surface area contributed by atoms with Crippen molar-refractivity contribution in [2.45, 2.75) is 19.8 Å². The molecular formula is C17H17BrF2. The van der Waals surface area contributed by atoms with Crippen molar-refractivity contribution in [2.75, 3.05) is 5.33 Å². The Hall–Kier alpha value is -1.22. The predicted molar refractivity (Wildman–Crippen MR) is 82.2 cm³/mol. The molecule has 2 aromatic rings. The first-order chi connectivity index (χ1) is 9.56. The second-order valence-corrected chi connectivity index (χ2v) is 5.84. The van der Waals surface area contributed by atoms with Gasteiger partial charge in [-0.05, 0) is 48.9 Å². The first kappa shape index (κ1) is 15.2. The minimum atomic E-state index is -0.511. The summed E-state index contributed by atoms with van der Waals surface area (Å²) in [4.78, 5) is 0. The van der Waals surface area contributed by atoms with Gasteiger partial charge in [-0.15, -0.1) is 0 Å². The van der Waals surface area contributed by atoms with Gasteiger partial charge in [0.1, 0.15) is 11.6 Å². The first-order valence-electron chi connectivity index (χ1n) is 6.63. The normalized spacial score (nSPS) is 12.4. The number of aryl methyl sites for hydroxylation is 1. The van der Waals surface area contributed by atoms with Gasteiger partial charge in [-0.1, -0.05) is 45.8 Å². The highest BCUT2D eigenvalue weighted by atomic mass is 79.9. The van der Waals surface area contributed by atoms with Crippen molar-refractivity contribution in [3.8, 4) is 0 Å². The highest BCUT2D eigenvalue weighted by molar-refractivity contribution is 9.09. The van der Waals surface area contributed by atoms with E-state index in [1.807, 2.05) is 0 Å². The van der Waals surface area contributed by atoms with Crippen molar-refractivity contribution < 1.29 is 8.78 Å². The predicted octanol–water partition coefficient (Wildman–Crippen LogP) is 5.07. The van der Waals surface area contributed by atoms with Crippen LogP contribution in [0.5, 0.6) is 0 Å². The standard InChI is InChI=1S/C17H17BrF2/c1-12-2-4-13(5-3-12)6-15(11-18)7-14-8-16(19)10-17(20)9-14/h2-5,8-10,15H,6-7,11H2,1H3. The molecule has 0 radical (unpaired) electrons. The van der Waals surface area contributed by atoms with E-state index in [1.165, 1.54) is 23.3 Å². The van der Waals surface area contributed by atoms with Gasteiger partial charge in [-0.2, -0.15) is 0 Å². The average molecular weight is 339 g/mol. The van der Waals surface area contributed by atoms with Crippen LogP contribution in [0.3, 0.4) is 0 Å². The zero-order valence-electron chi connectivity index (χ0n) is 11.4. The number of rotatable bonds is 5. The third kappa shape index (κ3) is 4.41. The van der Waals surface area contributed by atoms with Crippen molar-refractivity contribution in [2.24, 2.45) is 5.92 Å². The van der Waals surface area contributed by atoms with E-state index in [1.54, 1.807) is 0 Å². The van der Waals surface area contributed by atoms with Crippen LogP contribution in [0.1, 0.15) is 16.7 Å². The van der Waals surface area contributed by atoms with E-state index in [4.69, 9.17) is 0 Å². The molecule has 2 rings (SSSR count). The summed E-state index contributed by atoms with van der Waals surface area (Å²) in [6.45, 7) is 2.06. The van der Waals surface area contributed by atoms with E-state index >= 15 is 0 Å². The van der Waals surface area contributed by atoms with E-state index in [0.29, 0.717) is 17.9 Å². The lowest BCUT2D eigenvalue weighted by Crippen LogP contribution is -2.10. The molecule has 0 fully saturated rings. The van der Waals surface area contributed by atoms with E-state index < -0.39 is 11.6 Å². The van der Waals surface area contributed by atoms with E-state index in [2.05, 4.69) is 47.1 Å². The third-order valence-corrected chi connectivity index (χ3v) is 4.23. The lowest BCUT2D eigenvalue weighted by molar-refractivity contribution is 0.560. The Morgan fingerprint density at radius 3 is 2.00 bits per heavy atom. The molecule has 0 saturated carbocycles. The lowest BCUT2D eigenvalue weighted by Gasteiger charge is -2.14. The SMILES string of the molecule is Cc1ccc(CC(CBr)Cc2cc(F)cc(F)c2)cc1. The highest BCUT2D eigenvalue weighted by Crippen LogP contribution is 2.19. The molecule has 0 aliphatic carbocycles. The molecule has 0 heterocycles. The fourth-order valence-electron chi connectivity index (χ4n) is 2.30. The molecule has 1 unspecified atom stereocenters. The maximum atomic E-state index is 13.2. The quantitative estimate of drug-likeness (QED) is 0.667. The summed E-state index contributed by atoms with van der Waals surface area (Å²) < 4.78 is 26.4. The minimum absolute atomic E-state index is 0.318. The van der Waals surface area contributed by atoms with E-state index in [9.17, 15) is 8.78 Å². The molecule has 0 amide bonds. The molecule has 20 heavy (non-hydrogen) atoms. The molecule has 0 bridgehead atoms. The molecule has 3 heteroatoms. The van der Waals surface area contributed by atoms with Crippen molar-refractivity contribution in [3.63, 3.8) is 0 Å². The summed E-state index contributed by atoms with van der Waals surface area (Å²) >= 11 is 3.49. The van der Waals surface area contributed by atoms with Gasteiger partial charge >= 0.3 is 0 Å². The number of hydrogen-bond acceptors (Lipinski definition) is 0. The zero-order valence-corrected chi connectivity index (χ0v) is 13.0. The Kier molecular flexibility index (Phi) is 5.30. The summed E-state index contributed by atoms with van der Waals surface area (Å²) in [6, 6.07) is 12.1. The van der Waals surface area contributed by atoms with Gasteiger partial charge in [-0.25, -0.2) is 8.78 Å². The number of benzene rings is 2. The minimum Gasteiger partial charge on any atom is -0.207 e. The van der Waals surface area contributed by atoms with Crippen LogP contribution in [-0.4, -0.2) is 5.33 Å². The van der Waals surface area contributed by atoms with Gasteiger partial charge in [0.25, 0.3) is 0 Å². The molecule has 1 atom stereocenters. The van der Waals surface area contributed by atoms with Crippen molar-refractivity contribution in [1.82, 2.24) is 0 Å². The largest absolute Gasteiger partial charge is 0.207 e. The molecule has 0 nitrogen and oxygen atoms in total.